The molecule has 0 unspecified atom stereocenters. The van der Waals surface area contributed by atoms with E-state index < -0.39 is 5.97 Å². The van der Waals surface area contributed by atoms with Gasteiger partial charge < -0.3 is 5.11 Å². The molecule has 72 valence electrons. The number of nitrogens with one attached hydrogen (secondary N) is 1. The van der Waals surface area contributed by atoms with Gasteiger partial charge in [0.15, 0.2) is 0 Å². The van der Waals surface area contributed by atoms with Gasteiger partial charge in [0.2, 0.25) is 0 Å². The molecule has 0 fully saturated rings. The summed E-state index contributed by atoms with van der Waals surface area (Å²) in [4.78, 5) is 11.9. The van der Waals surface area contributed by atoms with Crippen LogP contribution in [0.3, 0.4) is 0 Å². The van der Waals surface area contributed by atoms with Crippen molar-refractivity contribution in [1.29, 1.82) is 0 Å². The van der Waals surface area contributed by atoms with Crippen LogP contribution < -0.4 is 4.72 Å². The van der Waals surface area contributed by atoms with Gasteiger partial charge in [0.1, 0.15) is 0 Å². The molecule has 1 aliphatic heterocycles. The van der Waals surface area contributed by atoms with E-state index in [2.05, 4.69) is 4.72 Å². The van der Waals surface area contributed by atoms with E-state index in [1.807, 2.05) is 24.3 Å². The highest BCUT2D eigenvalue weighted by Gasteiger charge is 2.16. The van der Waals surface area contributed by atoms with E-state index in [0.717, 1.165) is 10.5 Å². The largest absolute Gasteiger partial charge is 0.478 e. The van der Waals surface area contributed by atoms with Gasteiger partial charge in [-0.1, -0.05) is 24.3 Å². The highest BCUT2D eigenvalue weighted by molar-refractivity contribution is 7.97. The molecule has 0 spiro atoms. The average molecular weight is 207 g/mol. The monoisotopic (exact) mass is 207 g/mol. The maximum atomic E-state index is 11.0. The molecule has 0 amide bonds. The van der Waals surface area contributed by atoms with E-state index in [1.54, 1.807) is 6.08 Å². The van der Waals surface area contributed by atoms with Crippen LogP contribution in [0.25, 0.3) is 5.57 Å². The lowest BCUT2D eigenvalue weighted by atomic mass is 10.1. The van der Waals surface area contributed by atoms with Gasteiger partial charge in [0, 0.05) is 17.0 Å². The standard InChI is InChI=1S/C10H9NO2S/c12-10(13)8-5-6-11-14-9-4-2-1-3-7(8)9/h1-5,11H,6H2,(H,12,13). The first-order valence-corrected chi connectivity index (χ1v) is 5.03. The summed E-state index contributed by atoms with van der Waals surface area (Å²) in [5, 5.41) is 9.00. The molecule has 3 nitrogen and oxygen atoms in total. The van der Waals surface area contributed by atoms with Crippen LogP contribution in [0.5, 0.6) is 0 Å². The fourth-order valence-electron chi connectivity index (χ4n) is 1.35. The van der Waals surface area contributed by atoms with Gasteiger partial charge in [-0.3, -0.25) is 4.72 Å². The van der Waals surface area contributed by atoms with Crippen LogP contribution in [0.15, 0.2) is 35.2 Å². The Morgan fingerprint density at radius 3 is 3.00 bits per heavy atom. The third kappa shape index (κ3) is 1.66. The first-order valence-electron chi connectivity index (χ1n) is 4.21. The average Bonchev–Trinajstić information content (AvgIpc) is 2.39. The molecule has 0 atom stereocenters. The Hall–Kier alpha value is -1.26. The second kappa shape index (κ2) is 3.86. The van der Waals surface area contributed by atoms with Crippen LogP contribution in [0.2, 0.25) is 0 Å². The number of fused-ring (bicyclic) bond motifs is 1. The predicted octanol–water partition coefficient (Wildman–Crippen LogP) is 1.76. The summed E-state index contributed by atoms with van der Waals surface area (Å²) in [5.41, 5.74) is 1.16. The van der Waals surface area contributed by atoms with Gasteiger partial charge >= 0.3 is 5.97 Å². The van der Waals surface area contributed by atoms with Gasteiger partial charge in [0.25, 0.3) is 0 Å². The highest BCUT2D eigenvalue weighted by Crippen LogP contribution is 2.28. The van der Waals surface area contributed by atoms with Crippen LogP contribution >= 0.6 is 11.9 Å². The lowest BCUT2D eigenvalue weighted by Crippen LogP contribution is -2.02. The topological polar surface area (TPSA) is 49.3 Å². The minimum absolute atomic E-state index is 0.373. The molecule has 0 aliphatic carbocycles. The van der Waals surface area contributed by atoms with Crippen molar-refractivity contribution < 1.29 is 9.90 Å². The van der Waals surface area contributed by atoms with Crippen molar-refractivity contribution in [2.45, 2.75) is 4.90 Å². The Balaban J connectivity index is 2.53. The fourth-order valence-corrected chi connectivity index (χ4v) is 2.11. The highest BCUT2D eigenvalue weighted by atomic mass is 32.2. The maximum Gasteiger partial charge on any atom is 0.336 e. The molecule has 2 rings (SSSR count). The second-order valence-corrected chi connectivity index (χ2v) is 3.80. The summed E-state index contributed by atoms with van der Waals surface area (Å²) in [7, 11) is 0. The van der Waals surface area contributed by atoms with Crippen LogP contribution in [0.1, 0.15) is 5.56 Å². The Bertz CT molecular complexity index is 401. The number of aliphatic carboxylic acids is 1. The zero-order chi connectivity index (χ0) is 9.97. The second-order valence-electron chi connectivity index (χ2n) is 2.87. The minimum Gasteiger partial charge on any atom is -0.478 e. The molecular formula is C10H9NO2S. The number of carboxylic acids is 1. The molecule has 0 saturated carbocycles. The Morgan fingerprint density at radius 2 is 2.21 bits per heavy atom. The molecule has 0 aromatic heterocycles. The van der Waals surface area contributed by atoms with Crippen LogP contribution in [0.4, 0.5) is 0 Å². The minimum atomic E-state index is -0.873. The number of carbonyl (C=O) groups is 1. The Labute approximate surface area is 86.0 Å². The number of hydrogen-bond acceptors (Lipinski definition) is 3. The number of benzene rings is 1. The summed E-state index contributed by atoms with van der Waals surface area (Å²) in [6.07, 6.45) is 1.70. The summed E-state index contributed by atoms with van der Waals surface area (Å²) in [5.74, 6) is -0.873. The Kier molecular flexibility index (Phi) is 2.56. The van der Waals surface area contributed by atoms with Crippen LogP contribution in [0, 0.1) is 0 Å². The maximum absolute atomic E-state index is 11.0. The van der Waals surface area contributed by atoms with Crippen molar-refractivity contribution in [1.82, 2.24) is 4.72 Å². The van der Waals surface area contributed by atoms with E-state index in [1.165, 1.54) is 11.9 Å². The smallest absolute Gasteiger partial charge is 0.336 e. The van der Waals surface area contributed by atoms with Crippen LogP contribution in [-0.4, -0.2) is 17.6 Å². The third-order valence-corrected chi connectivity index (χ3v) is 2.87. The van der Waals surface area contributed by atoms with E-state index >= 15 is 0 Å². The predicted molar refractivity (Wildman–Crippen MR) is 55.9 cm³/mol. The summed E-state index contributed by atoms with van der Waals surface area (Å²) in [6.45, 7) is 0.570. The molecule has 1 aromatic rings. The lowest BCUT2D eigenvalue weighted by molar-refractivity contribution is -0.130. The van der Waals surface area contributed by atoms with Crippen molar-refractivity contribution in [2.75, 3.05) is 6.54 Å². The third-order valence-electron chi connectivity index (χ3n) is 1.98. The number of rotatable bonds is 1. The molecule has 14 heavy (non-hydrogen) atoms. The molecule has 0 saturated heterocycles. The summed E-state index contributed by atoms with van der Waals surface area (Å²) in [6, 6.07) is 7.49. The van der Waals surface area contributed by atoms with Crippen molar-refractivity contribution in [2.24, 2.45) is 0 Å². The normalized spacial score (nSPS) is 15.3. The van der Waals surface area contributed by atoms with E-state index in [0.29, 0.717) is 12.1 Å². The zero-order valence-electron chi connectivity index (χ0n) is 7.36. The Morgan fingerprint density at radius 1 is 1.43 bits per heavy atom. The number of hydrogen-bond donors (Lipinski definition) is 2. The van der Waals surface area contributed by atoms with Gasteiger partial charge in [0.05, 0.1) is 5.57 Å². The first-order chi connectivity index (χ1) is 6.79. The van der Waals surface area contributed by atoms with Gasteiger partial charge in [-0.05, 0) is 18.0 Å². The first kappa shape index (κ1) is 9.30. The van der Waals surface area contributed by atoms with Crippen molar-refractivity contribution in [3.05, 3.63) is 35.9 Å². The van der Waals surface area contributed by atoms with E-state index in [4.69, 9.17) is 5.11 Å². The molecule has 0 radical (unpaired) electrons. The molecular weight excluding hydrogens is 198 g/mol. The van der Waals surface area contributed by atoms with Gasteiger partial charge in [-0.15, -0.1) is 0 Å². The van der Waals surface area contributed by atoms with Crippen LogP contribution in [-0.2, 0) is 4.79 Å². The van der Waals surface area contributed by atoms with E-state index in [9.17, 15) is 4.79 Å². The zero-order valence-corrected chi connectivity index (χ0v) is 8.17. The summed E-state index contributed by atoms with van der Waals surface area (Å²) < 4.78 is 3.07. The van der Waals surface area contributed by atoms with Gasteiger partial charge in [-0.25, -0.2) is 4.79 Å². The molecule has 1 aliphatic rings. The quantitative estimate of drug-likeness (QED) is 0.689. The summed E-state index contributed by atoms with van der Waals surface area (Å²) >= 11 is 1.47. The van der Waals surface area contributed by atoms with Crippen molar-refractivity contribution in [3.8, 4) is 0 Å². The fraction of sp³-hybridized carbons (Fsp3) is 0.100. The number of carboxylic acid groups (broad SMARTS) is 1. The van der Waals surface area contributed by atoms with Crippen molar-refractivity contribution >= 4 is 23.5 Å². The molecule has 0 bridgehead atoms. The van der Waals surface area contributed by atoms with Gasteiger partial charge in [-0.2, -0.15) is 0 Å². The van der Waals surface area contributed by atoms with E-state index in [-0.39, 0.29) is 0 Å². The SMILES string of the molecule is O=C(O)C1=CCNSc2ccccc21. The van der Waals surface area contributed by atoms with Crippen molar-refractivity contribution in [3.63, 3.8) is 0 Å². The lowest BCUT2D eigenvalue weighted by Gasteiger charge is -2.04. The molecule has 1 aromatic carbocycles. The molecule has 2 N–H and O–H groups in total. The molecule has 1 heterocycles. The molecule has 4 heteroatoms.